The number of nitrogens with zero attached hydrogens (tertiary/aromatic N) is 6. The first-order valence-corrected chi connectivity index (χ1v) is 9.33. The highest BCUT2D eigenvalue weighted by molar-refractivity contribution is 5.48. The average Bonchev–Trinajstić information content (AvgIpc) is 3.16. The van der Waals surface area contributed by atoms with E-state index in [2.05, 4.69) is 61.5 Å². The topological polar surface area (TPSA) is 50.1 Å². The number of hydrogen-bond donors (Lipinski definition) is 0. The lowest BCUT2D eigenvalue weighted by atomic mass is 10.2. The summed E-state index contributed by atoms with van der Waals surface area (Å²) >= 11 is 0. The van der Waals surface area contributed by atoms with Crippen molar-refractivity contribution in [2.75, 3.05) is 37.6 Å². The van der Waals surface area contributed by atoms with E-state index in [4.69, 9.17) is 0 Å². The average molecular weight is 360 g/mol. The number of piperazine rings is 1. The van der Waals surface area contributed by atoms with Crippen molar-refractivity contribution >= 4 is 11.9 Å². The molecule has 0 atom stereocenters. The summed E-state index contributed by atoms with van der Waals surface area (Å²) in [7, 11) is 0. The molecular weight excluding hydrogens is 336 g/mol. The summed E-state index contributed by atoms with van der Waals surface area (Å²) in [5.74, 6) is 1.68. The van der Waals surface area contributed by atoms with Crippen LogP contribution in [0.2, 0.25) is 0 Å². The SMILES string of the molecule is Cc1ccn(-c2ccc(N3CCN(CC=Cc4ccccc4)CC3)nn2)n1. The first-order chi connectivity index (χ1) is 13.3. The Morgan fingerprint density at radius 3 is 2.30 bits per heavy atom. The second kappa shape index (κ2) is 8.14. The summed E-state index contributed by atoms with van der Waals surface area (Å²) < 4.78 is 1.75. The van der Waals surface area contributed by atoms with Gasteiger partial charge >= 0.3 is 0 Å². The predicted molar refractivity (Wildman–Crippen MR) is 108 cm³/mol. The zero-order chi connectivity index (χ0) is 18.5. The molecule has 4 rings (SSSR count). The van der Waals surface area contributed by atoms with Crippen LogP contribution in [0.5, 0.6) is 0 Å². The fourth-order valence-corrected chi connectivity index (χ4v) is 3.21. The van der Waals surface area contributed by atoms with Gasteiger partial charge in [-0.15, -0.1) is 10.2 Å². The van der Waals surface area contributed by atoms with E-state index in [1.54, 1.807) is 4.68 Å². The van der Waals surface area contributed by atoms with Crippen molar-refractivity contribution in [2.24, 2.45) is 0 Å². The van der Waals surface area contributed by atoms with Crippen LogP contribution in [0.4, 0.5) is 5.82 Å². The molecule has 0 amide bonds. The maximum absolute atomic E-state index is 4.40. The predicted octanol–water partition coefficient (Wildman–Crippen LogP) is 2.81. The number of aryl methyl sites for hydroxylation is 1. The number of anilines is 1. The third-order valence-corrected chi connectivity index (χ3v) is 4.76. The second-order valence-corrected chi connectivity index (χ2v) is 6.75. The second-order valence-electron chi connectivity index (χ2n) is 6.75. The van der Waals surface area contributed by atoms with Crippen molar-refractivity contribution in [3.05, 3.63) is 72.1 Å². The van der Waals surface area contributed by atoms with Crippen LogP contribution in [0, 0.1) is 6.92 Å². The minimum atomic E-state index is 0.747. The Balaban J connectivity index is 1.29. The van der Waals surface area contributed by atoms with Crippen molar-refractivity contribution in [2.45, 2.75) is 6.92 Å². The molecule has 1 aliphatic heterocycles. The summed E-state index contributed by atoms with van der Waals surface area (Å²) in [5.41, 5.74) is 2.22. The molecule has 2 aromatic heterocycles. The molecule has 1 saturated heterocycles. The Hall–Kier alpha value is -2.99. The standard InChI is InChI=1S/C21H24N6/c1-18-11-13-27(24-18)21-10-9-20(22-23-21)26-16-14-25(15-17-26)12-5-8-19-6-3-2-4-7-19/h2-11,13H,12,14-17H2,1H3. The zero-order valence-electron chi connectivity index (χ0n) is 15.6. The van der Waals surface area contributed by atoms with Gasteiger partial charge in [-0.05, 0) is 30.7 Å². The zero-order valence-corrected chi connectivity index (χ0v) is 15.6. The monoisotopic (exact) mass is 360 g/mol. The first-order valence-electron chi connectivity index (χ1n) is 9.33. The Morgan fingerprint density at radius 1 is 0.889 bits per heavy atom. The Kier molecular flexibility index (Phi) is 5.25. The van der Waals surface area contributed by atoms with E-state index in [0.717, 1.165) is 50.1 Å². The van der Waals surface area contributed by atoms with E-state index in [1.807, 2.05) is 37.4 Å². The summed E-state index contributed by atoms with van der Waals surface area (Å²) in [6, 6.07) is 16.4. The van der Waals surface area contributed by atoms with Gasteiger partial charge in [-0.1, -0.05) is 42.5 Å². The molecule has 0 unspecified atom stereocenters. The van der Waals surface area contributed by atoms with E-state index in [1.165, 1.54) is 5.56 Å². The maximum Gasteiger partial charge on any atom is 0.175 e. The van der Waals surface area contributed by atoms with Crippen LogP contribution in [-0.4, -0.2) is 57.6 Å². The molecule has 0 bridgehead atoms. The van der Waals surface area contributed by atoms with Crippen LogP contribution < -0.4 is 4.90 Å². The van der Waals surface area contributed by atoms with E-state index in [-0.39, 0.29) is 0 Å². The van der Waals surface area contributed by atoms with E-state index < -0.39 is 0 Å². The molecule has 3 heterocycles. The normalized spacial score (nSPS) is 15.5. The fraction of sp³-hybridized carbons (Fsp3) is 0.286. The smallest absolute Gasteiger partial charge is 0.175 e. The largest absolute Gasteiger partial charge is 0.353 e. The van der Waals surface area contributed by atoms with Gasteiger partial charge in [-0.25, -0.2) is 4.68 Å². The van der Waals surface area contributed by atoms with Crippen molar-refractivity contribution in [1.29, 1.82) is 0 Å². The molecule has 0 saturated carbocycles. The van der Waals surface area contributed by atoms with E-state index >= 15 is 0 Å². The van der Waals surface area contributed by atoms with Gasteiger partial charge in [0.1, 0.15) is 0 Å². The molecule has 1 aromatic carbocycles. The third kappa shape index (κ3) is 4.41. The molecule has 6 heteroatoms. The van der Waals surface area contributed by atoms with Gasteiger partial charge in [0.15, 0.2) is 11.6 Å². The lowest BCUT2D eigenvalue weighted by molar-refractivity contribution is 0.283. The first kappa shape index (κ1) is 17.4. The van der Waals surface area contributed by atoms with Gasteiger partial charge in [0.25, 0.3) is 0 Å². The highest BCUT2D eigenvalue weighted by Gasteiger charge is 2.17. The van der Waals surface area contributed by atoms with Gasteiger partial charge in [0.05, 0.1) is 5.69 Å². The Morgan fingerprint density at radius 2 is 1.63 bits per heavy atom. The lowest BCUT2D eigenvalue weighted by Gasteiger charge is -2.34. The Bertz CT molecular complexity index is 877. The van der Waals surface area contributed by atoms with Gasteiger partial charge in [0.2, 0.25) is 0 Å². The van der Waals surface area contributed by atoms with Crippen molar-refractivity contribution < 1.29 is 0 Å². The summed E-state index contributed by atoms with van der Waals surface area (Å²) in [5, 5.41) is 13.1. The molecule has 138 valence electrons. The van der Waals surface area contributed by atoms with Crippen LogP contribution in [0.1, 0.15) is 11.3 Å². The van der Waals surface area contributed by atoms with E-state index in [0.29, 0.717) is 0 Å². The van der Waals surface area contributed by atoms with Crippen LogP contribution in [-0.2, 0) is 0 Å². The number of hydrogen-bond acceptors (Lipinski definition) is 5. The Labute approximate surface area is 159 Å². The van der Waals surface area contributed by atoms with Gasteiger partial charge in [-0.3, -0.25) is 4.90 Å². The molecule has 27 heavy (non-hydrogen) atoms. The van der Waals surface area contributed by atoms with Crippen molar-refractivity contribution in [1.82, 2.24) is 24.9 Å². The molecular formula is C21H24N6. The quantitative estimate of drug-likeness (QED) is 0.700. The highest BCUT2D eigenvalue weighted by Crippen LogP contribution is 2.14. The summed E-state index contributed by atoms with van der Waals surface area (Å²) in [4.78, 5) is 4.76. The lowest BCUT2D eigenvalue weighted by Crippen LogP contribution is -2.46. The van der Waals surface area contributed by atoms with Gasteiger partial charge in [0, 0.05) is 38.9 Å². The summed E-state index contributed by atoms with van der Waals surface area (Å²) in [6.45, 7) is 6.93. The number of rotatable bonds is 5. The molecule has 6 nitrogen and oxygen atoms in total. The van der Waals surface area contributed by atoms with Crippen LogP contribution in [0.3, 0.4) is 0 Å². The van der Waals surface area contributed by atoms with Crippen LogP contribution in [0.15, 0.2) is 60.8 Å². The van der Waals surface area contributed by atoms with Crippen molar-refractivity contribution in [3.63, 3.8) is 0 Å². The minimum Gasteiger partial charge on any atom is -0.353 e. The summed E-state index contributed by atoms with van der Waals surface area (Å²) in [6.07, 6.45) is 6.33. The van der Waals surface area contributed by atoms with Gasteiger partial charge in [-0.2, -0.15) is 5.10 Å². The fourth-order valence-electron chi connectivity index (χ4n) is 3.21. The molecule has 0 spiro atoms. The van der Waals surface area contributed by atoms with Crippen molar-refractivity contribution in [3.8, 4) is 5.82 Å². The number of aromatic nitrogens is 4. The van der Waals surface area contributed by atoms with Gasteiger partial charge < -0.3 is 4.90 Å². The molecule has 0 radical (unpaired) electrons. The molecule has 1 aliphatic rings. The molecule has 1 fully saturated rings. The minimum absolute atomic E-state index is 0.747. The molecule has 0 N–H and O–H groups in total. The molecule has 0 aliphatic carbocycles. The number of benzene rings is 1. The van der Waals surface area contributed by atoms with E-state index in [9.17, 15) is 0 Å². The van der Waals surface area contributed by atoms with Crippen LogP contribution in [0.25, 0.3) is 11.9 Å². The maximum atomic E-state index is 4.40. The highest BCUT2D eigenvalue weighted by atomic mass is 15.4. The van der Waals surface area contributed by atoms with Crippen LogP contribution >= 0.6 is 0 Å². The third-order valence-electron chi connectivity index (χ3n) is 4.76. The molecule has 3 aromatic rings.